The molecule has 0 aromatic rings. The average molecular weight is 156 g/mol. The molecule has 0 radical (unpaired) electrons. The molecule has 2 atom stereocenters. The first-order chi connectivity index (χ1) is 5.18. The summed E-state index contributed by atoms with van der Waals surface area (Å²) in [5, 5.41) is 3.32. The summed E-state index contributed by atoms with van der Waals surface area (Å²) in [7, 11) is 2.12. The molecule has 2 heterocycles. The second-order valence-corrected chi connectivity index (χ2v) is 3.93. The molecule has 0 aromatic heterocycles. The molecule has 0 saturated carbocycles. The summed E-state index contributed by atoms with van der Waals surface area (Å²) >= 11 is 0. The van der Waals surface area contributed by atoms with Crippen LogP contribution in [-0.4, -0.2) is 55.4 Å². The summed E-state index contributed by atoms with van der Waals surface area (Å²) in [6, 6.07) is 0. The minimum atomic E-state index is -0.00868. The Hall–Kier alpha value is -0.160. The molecule has 2 rings (SSSR count). The first-order valence-electron chi connectivity index (χ1n) is 4.08. The van der Waals surface area contributed by atoms with Crippen LogP contribution in [0.1, 0.15) is 0 Å². The van der Waals surface area contributed by atoms with Gasteiger partial charge in [0.05, 0.1) is 12.2 Å². The molecular formula is C7H16N4. The molecule has 0 aliphatic carbocycles. The Morgan fingerprint density at radius 3 is 3.00 bits per heavy atom. The molecule has 0 spiro atoms. The summed E-state index contributed by atoms with van der Waals surface area (Å²) in [5.74, 6) is 0. The van der Waals surface area contributed by atoms with E-state index in [0.717, 1.165) is 33.0 Å². The fraction of sp³-hybridized carbons (Fsp3) is 1.00. The van der Waals surface area contributed by atoms with Crippen molar-refractivity contribution in [3.63, 3.8) is 0 Å². The van der Waals surface area contributed by atoms with E-state index in [1.807, 2.05) is 0 Å². The van der Waals surface area contributed by atoms with Gasteiger partial charge in [-0.15, -0.1) is 0 Å². The maximum Gasteiger partial charge on any atom is 0.0540 e. The predicted octanol–water partition coefficient (Wildman–Crippen LogP) is -1.55. The Morgan fingerprint density at radius 2 is 2.27 bits per heavy atom. The van der Waals surface area contributed by atoms with Crippen LogP contribution in [-0.2, 0) is 0 Å². The number of hydrogen-bond acceptors (Lipinski definition) is 4. The van der Waals surface area contributed by atoms with E-state index in [9.17, 15) is 0 Å². The zero-order valence-electron chi connectivity index (χ0n) is 7.01. The van der Waals surface area contributed by atoms with Gasteiger partial charge in [-0.05, 0) is 7.05 Å². The lowest BCUT2D eigenvalue weighted by Crippen LogP contribution is -2.71. The lowest BCUT2D eigenvalue weighted by atomic mass is 9.96. The lowest BCUT2D eigenvalue weighted by Gasteiger charge is -2.48. The van der Waals surface area contributed by atoms with Crippen molar-refractivity contribution >= 4 is 0 Å². The highest BCUT2D eigenvalue weighted by atomic mass is 15.4. The number of likely N-dealkylation sites (N-methyl/N-ethyl adjacent to an activating group) is 1. The highest BCUT2D eigenvalue weighted by Crippen LogP contribution is 2.14. The molecule has 11 heavy (non-hydrogen) atoms. The third kappa shape index (κ3) is 1.39. The fourth-order valence-electron chi connectivity index (χ4n) is 2.15. The van der Waals surface area contributed by atoms with Crippen LogP contribution in [0.5, 0.6) is 0 Å². The van der Waals surface area contributed by atoms with Crippen molar-refractivity contribution in [2.75, 3.05) is 40.0 Å². The normalized spacial score (nSPS) is 45.8. The summed E-state index contributed by atoms with van der Waals surface area (Å²) < 4.78 is 0. The first-order valence-corrected chi connectivity index (χ1v) is 4.08. The molecule has 64 valence electrons. The molecule has 2 fully saturated rings. The molecule has 2 saturated heterocycles. The van der Waals surface area contributed by atoms with Crippen LogP contribution in [0.3, 0.4) is 0 Å². The van der Waals surface area contributed by atoms with Gasteiger partial charge in [-0.2, -0.15) is 0 Å². The minimum absolute atomic E-state index is 0.00868. The quantitative estimate of drug-likeness (QED) is 0.446. The summed E-state index contributed by atoms with van der Waals surface area (Å²) in [6.45, 7) is 5.05. The first kappa shape index (κ1) is 7.49. The lowest BCUT2D eigenvalue weighted by molar-refractivity contribution is 0.0148. The topological polar surface area (TPSA) is 44.5 Å². The smallest absolute Gasteiger partial charge is 0.0540 e. The van der Waals surface area contributed by atoms with Gasteiger partial charge in [0.25, 0.3) is 0 Å². The highest BCUT2D eigenvalue weighted by Gasteiger charge is 2.36. The highest BCUT2D eigenvalue weighted by molar-refractivity contribution is 4.97. The zero-order valence-corrected chi connectivity index (χ0v) is 7.01. The Balaban J connectivity index is 2.09. The van der Waals surface area contributed by atoms with Crippen molar-refractivity contribution in [2.45, 2.75) is 5.54 Å². The van der Waals surface area contributed by atoms with Gasteiger partial charge in [0, 0.05) is 26.3 Å². The van der Waals surface area contributed by atoms with Crippen LogP contribution in [0.25, 0.3) is 0 Å². The standard InChI is InChI=1S/C7H16N4/c1-10-3-7(8)2-9-5-11(4-7)6-10/h9H,2-6,8H2,1H3. The number of nitrogens with zero attached hydrogens (tertiary/aromatic N) is 2. The molecule has 2 aliphatic rings. The SMILES string of the molecule is CN1CN2CNCC(N)(C1)C2. The van der Waals surface area contributed by atoms with Crippen molar-refractivity contribution < 1.29 is 0 Å². The van der Waals surface area contributed by atoms with Gasteiger partial charge in [-0.1, -0.05) is 0 Å². The van der Waals surface area contributed by atoms with Gasteiger partial charge >= 0.3 is 0 Å². The van der Waals surface area contributed by atoms with Crippen molar-refractivity contribution in [3.05, 3.63) is 0 Å². The van der Waals surface area contributed by atoms with Gasteiger partial charge < -0.3 is 11.1 Å². The molecule has 4 nitrogen and oxygen atoms in total. The van der Waals surface area contributed by atoms with Crippen molar-refractivity contribution in [1.82, 2.24) is 15.1 Å². The monoisotopic (exact) mass is 156 g/mol. The van der Waals surface area contributed by atoms with Gasteiger partial charge in [-0.25, -0.2) is 0 Å². The molecule has 2 bridgehead atoms. The number of rotatable bonds is 0. The van der Waals surface area contributed by atoms with E-state index in [0.29, 0.717) is 0 Å². The molecule has 2 aliphatic heterocycles. The Kier molecular flexibility index (Phi) is 1.64. The average Bonchev–Trinajstić information content (AvgIpc) is 1.82. The van der Waals surface area contributed by atoms with Gasteiger partial charge in [0.1, 0.15) is 0 Å². The molecule has 2 unspecified atom stereocenters. The van der Waals surface area contributed by atoms with Crippen LogP contribution < -0.4 is 11.1 Å². The van der Waals surface area contributed by atoms with Crippen LogP contribution in [0.15, 0.2) is 0 Å². The fourth-order valence-corrected chi connectivity index (χ4v) is 2.15. The number of fused-ring (bicyclic) bond motifs is 2. The molecular weight excluding hydrogens is 140 g/mol. The largest absolute Gasteiger partial charge is 0.322 e. The summed E-state index contributed by atoms with van der Waals surface area (Å²) in [4.78, 5) is 4.62. The van der Waals surface area contributed by atoms with Crippen molar-refractivity contribution in [2.24, 2.45) is 5.73 Å². The van der Waals surface area contributed by atoms with E-state index in [1.54, 1.807) is 0 Å². The second-order valence-electron chi connectivity index (χ2n) is 3.93. The van der Waals surface area contributed by atoms with Crippen molar-refractivity contribution in [3.8, 4) is 0 Å². The molecule has 0 aromatic carbocycles. The Morgan fingerprint density at radius 1 is 1.45 bits per heavy atom. The summed E-state index contributed by atoms with van der Waals surface area (Å²) in [5.41, 5.74) is 6.14. The number of nitrogens with one attached hydrogen (secondary N) is 1. The van der Waals surface area contributed by atoms with Gasteiger partial charge in [0.2, 0.25) is 0 Å². The third-order valence-electron chi connectivity index (χ3n) is 2.38. The molecule has 4 heteroatoms. The number of hydrogen-bond donors (Lipinski definition) is 2. The van der Waals surface area contributed by atoms with E-state index < -0.39 is 0 Å². The van der Waals surface area contributed by atoms with E-state index in [2.05, 4.69) is 22.2 Å². The predicted molar refractivity (Wildman–Crippen MR) is 44.0 cm³/mol. The maximum atomic E-state index is 6.14. The van der Waals surface area contributed by atoms with E-state index >= 15 is 0 Å². The van der Waals surface area contributed by atoms with Crippen molar-refractivity contribution in [1.29, 1.82) is 0 Å². The van der Waals surface area contributed by atoms with Crippen LogP contribution >= 0.6 is 0 Å². The molecule has 0 amide bonds. The Labute approximate surface area is 67.3 Å². The minimum Gasteiger partial charge on any atom is -0.322 e. The number of nitrogens with two attached hydrogens (primary N) is 1. The summed E-state index contributed by atoms with van der Waals surface area (Å²) in [6.07, 6.45) is 0. The van der Waals surface area contributed by atoms with E-state index in [-0.39, 0.29) is 5.54 Å². The molecule has 3 N–H and O–H groups in total. The van der Waals surface area contributed by atoms with Crippen LogP contribution in [0, 0.1) is 0 Å². The van der Waals surface area contributed by atoms with E-state index in [4.69, 9.17) is 5.73 Å². The van der Waals surface area contributed by atoms with Gasteiger partial charge in [0.15, 0.2) is 0 Å². The van der Waals surface area contributed by atoms with Gasteiger partial charge in [-0.3, -0.25) is 9.80 Å². The van der Waals surface area contributed by atoms with E-state index in [1.165, 1.54) is 0 Å². The van der Waals surface area contributed by atoms with Crippen LogP contribution in [0.4, 0.5) is 0 Å². The van der Waals surface area contributed by atoms with Crippen LogP contribution in [0.2, 0.25) is 0 Å². The Bertz CT molecular complexity index is 157. The second kappa shape index (κ2) is 2.42. The zero-order chi connectivity index (χ0) is 7.90. The third-order valence-corrected chi connectivity index (χ3v) is 2.38. The maximum absolute atomic E-state index is 6.14.